The van der Waals surface area contributed by atoms with Crippen LogP contribution in [0.5, 0.6) is 0 Å². The Balaban J connectivity index is 2.12. The summed E-state index contributed by atoms with van der Waals surface area (Å²) in [6, 6.07) is 1.57. The number of hydrogen-bond donors (Lipinski definition) is 0. The molecule has 2 aliphatic carbocycles. The average molecular weight is 210 g/mol. The van der Waals surface area contributed by atoms with E-state index < -0.39 is 8.07 Å². The van der Waals surface area contributed by atoms with Gasteiger partial charge in [0.05, 0.1) is 0 Å². The van der Waals surface area contributed by atoms with Crippen molar-refractivity contribution in [1.82, 2.24) is 0 Å². The molecule has 2 saturated carbocycles. The lowest BCUT2D eigenvalue weighted by Crippen LogP contribution is -2.36. The fraction of sp³-hybridized carbons (Fsp3) is 1.00. The monoisotopic (exact) mass is 210 g/mol. The van der Waals surface area contributed by atoms with Gasteiger partial charge >= 0.3 is 0 Å². The molecule has 3 atom stereocenters. The molecule has 0 N–H and O–H groups in total. The van der Waals surface area contributed by atoms with E-state index in [1.807, 2.05) is 0 Å². The third-order valence-electron chi connectivity index (χ3n) is 4.88. The molecule has 0 amide bonds. The maximum absolute atomic E-state index is 2.54. The largest absolute Gasteiger partial charge is 0.0695 e. The van der Waals surface area contributed by atoms with Crippen LogP contribution in [0.15, 0.2) is 0 Å². The van der Waals surface area contributed by atoms with Crippen LogP contribution >= 0.6 is 0 Å². The van der Waals surface area contributed by atoms with Gasteiger partial charge in [0, 0.05) is 8.07 Å². The summed E-state index contributed by atoms with van der Waals surface area (Å²) in [6.45, 7) is 12.7. The molecular formula is C13H26Si. The highest BCUT2D eigenvalue weighted by atomic mass is 28.3. The molecule has 0 unspecified atom stereocenters. The second-order valence-corrected chi connectivity index (χ2v) is 13.0. The van der Waals surface area contributed by atoms with Gasteiger partial charge in [0.2, 0.25) is 0 Å². The van der Waals surface area contributed by atoms with Crippen LogP contribution in [-0.2, 0) is 0 Å². The molecule has 0 saturated heterocycles. The average Bonchev–Trinajstić information content (AvgIpc) is 2.51. The number of hydrogen-bond acceptors (Lipinski definition) is 0. The van der Waals surface area contributed by atoms with Crippen molar-refractivity contribution in [3.05, 3.63) is 0 Å². The van der Waals surface area contributed by atoms with Crippen molar-refractivity contribution in [1.29, 1.82) is 0 Å². The van der Waals surface area contributed by atoms with Crippen LogP contribution in [0.3, 0.4) is 0 Å². The van der Waals surface area contributed by atoms with Gasteiger partial charge in [-0.25, -0.2) is 0 Å². The molecule has 2 aliphatic rings. The summed E-state index contributed by atoms with van der Waals surface area (Å²) in [5.74, 6) is 3.23. The molecule has 2 rings (SSSR count). The Morgan fingerprint density at radius 3 is 2.21 bits per heavy atom. The summed E-state index contributed by atoms with van der Waals surface area (Å²) in [6.07, 6.45) is 4.63. The number of fused-ring (bicyclic) bond motifs is 2. The highest BCUT2D eigenvalue weighted by Gasteiger charge is 2.52. The second-order valence-electron chi connectivity index (χ2n) is 7.46. The molecule has 0 nitrogen and oxygen atoms in total. The molecule has 0 aromatic carbocycles. The van der Waals surface area contributed by atoms with Crippen LogP contribution in [0.25, 0.3) is 0 Å². The molecular weight excluding hydrogens is 184 g/mol. The predicted molar refractivity (Wildman–Crippen MR) is 66.3 cm³/mol. The molecule has 2 bridgehead atoms. The molecule has 0 aliphatic heterocycles. The Hall–Kier alpha value is 0.217. The second kappa shape index (κ2) is 3.10. The Morgan fingerprint density at radius 1 is 1.14 bits per heavy atom. The molecule has 0 heterocycles. The van der Waals surface area contributed by atoms with Crippen LogP contribution in [0, 0.1) is 23.2 Å². The third-order valence-corrected chi connectivity index (χ3v) is 6.55. The Kier molecular flexibility index (Phi) is 2.38. The zero-order valence-corrected chi connectivity index (χ0v) is 11.6. The van der Waals surface area contributed by atoms with Crippen molar-refractivity contribution in [2.45, 2.75) is 58.8 Å². The standard InChI is InChI=1S/C13H26Si/c1-13(2)11-7-6-10(8-11)12(13)9-14(3,4)5/h10-12H,6-9H2,1-5H3/t10-,11+,12-/m0/s1. The van der Waals surface area contributed by atoms with Gasteiger partial charge < -0.3 is 0 Å². The van der Waals surface area contributed by atoms with Crippen molar-refractivity contribution < 1.29 is 0 Å². The summed E-state index contributed by atoms with van der Waals surface area (Å²) >= 11 is 0. The van der Waals surface area contributed by atoms with E-state index in [4.69, 9.17) is 0 Å². The summed E-state index contributed by atoms with van der Waals surface area (Å²) in [5.41, 5.74) is 0.670. The lowest BCUT2D eigenvalue weighted by atomic mass is 9.69. The van der Waals surface area contributed by atoms with Gasteiger partial charge in [-0.1, -0.05) is 39.5 Å². The minimum atomic E-state index is -0.849. The first-order valence-electron chi connectivity index (χ1n) is 6.31. The quantitative estimate of drug-likeness (QED) is 0.593. The molecule has 1 heteroatoms. The van der Waals surface area contributed by atoms with Crippen LogP contribution in [-0.4, -0.2) is 8.07 Å². The van der Waals surface area contributed by atoms with Crippen LogP contribution in [0.4, 0.5) is 0 Å². The van der Waals surface area contributed by atoms with E-state index in [2.05, 4.69) is 33.5 Å². The maximum Gasteiger partial charge on any atom is 0.0445 e. The van der Waals surface area contributed by atoms with Crippen LogP contribution < -0.4 is 0 Å². The maximum atomic E-state index is 2.54. The highest BCUT2D eigenvalue weighted by molar-refractivity contribution is 6.76. The zero-order chi connectivity index (χ0) is 10.6. The summed E-state index contributed by atoms with van der Waals surface area (Å²) in [7, 11) is -0.849. The Morgan fingerprint density at radius 2 is 1.79 bits per heavy atom. The minimum Gasteiger partial charge on any atom is -0.0695 e. The third kappa shape index (κ3) is 1.68. The van der Waals surface area contributed by atoms with Crippen molar-refractivity contribution in [2.24, 2.45) is 23.2 Å². The molecule has 82 valence electrons. The van der Waals surface area contributed by atoms with Gasteiger partial charge in [0.25, 0.3) is 0 Å². The molecule has 2 fully saturated rings. The van der Waals surface area contributed by atoms with Crippen molar-refractivity contribution in [3.63, 3.8) is 0 Å². The van der Waals surface area contributed by atoms with E-state index in [1.54, 1.807) is 18.9 Å². The molecule has 0 aromatic rings. The van der Waals surface area contributed by atoms with E-state index in [-0.39, 0.29) is 0 Å². The summed E-state index contributed by atoms with van der Waals surface area (Å²) in [4.78, 5) is 0. The Bertz CT molecular complexity index is 224. The van der Waals surface area contributed by atoms with E-state index >= 15 is 0 Å². The van der Waals surface area contributed by atoms with Gasteiger partial charge in [-0.15, -0.1) is 0 Å². The lowest BCUT2D eigenvalue weighted by molar-refractivity contribution is 0.136. The fourth-order valence-corrected chi connectivity index (χ4v) is 6.24. The van der Waals surface area contributed by atoms with E-state index in [9.17, 15) is 0 Å². The highest BCUT2D eigenvalue weighted by Crippen LogP contribution is 2.61. The van der Waals surface area contributed by atoms with Crippen molar-refractivity contribution >= 4 is 8.07 Å². The predicted octanol–water partition coefficient (Wildman–Crippen LogP) is 4.40. The van der Waals surface area contributed by atoms with Gasteiger partial charge in [0.15, 0.2) is 0 Å². The number of rotatable bonds is 2. The first-order chi connectivity index (χ1) is 6.31. The Labute approximate surface area is 90.5 Å². The first kappa shape index (κ1) is 10.7. The normalized spacial score (nSPS) is 40.5. The van der Waals surface area contributed by atoms with E-state index in [0.717, 1.165) is 17.8 Å². The van der Waals surface area contributed by atoms with Crippen LogP contribution in [0.2, 0.25) is 25.7 Å². The van der Waals surface area contributed by atoms with Crippen molar-refractivity contribution in [2.75, 3.05) is 0 Å². The minimum absolute atomic E-state index is 0.670. The smallest absolute Gasteiger partial charge is 0.0445 e. The van der Waals surface area contributed by atoms with E-state index in [0.29, 0.717) is 5.41 Å². The summed E-state index contributed by atoms with van der Waals surface area (Å²) < 4.78 is 0. The fourth-order valence-electron chi connectivity index (χ4n) is 4.06. The first-order valence-corrected chi connectivity index (χ1v) is 10.0. The van der Waals surface area contributed by atoms with Gasteiger partial charge in [-0.2, -0.15) is 0 Å². The molecule has 0 aromatic heterocycles. The van der Waals surface area contributed by atoms with Gasteiger partial charge in [0.1, 0.15) is 0 Å². The van der Waals surface area contributed by atoms with Crippen LogP contribution in [0.1, 0.15) is 33.1 Å². The van der Waals surface area contributed by atoms with Gasteiger partial charge in [-0.05, 0) is 42.4 Å². The van der Waals surface area contributed by atoms with Gasteiger partial charge in [-0.3, -0.25) is 0 Å². The lowest BCUT2D eigenvalue weighted by Gasteiger charge is -2.41. The zero-order valence-electron chi connectivity index (χ0n) is 10.6. The molecule has 14 heavy (non-hydrogen) atoms. The topological polar surface area (TPSA) is 0 Å². The molecule has 0 spiro atoms. The van der Waals surface area contributed by atoms with Crippen molar-refractivity contribution in [3.8, 4) is 0 Å². The molecule has 0 radical (unpaired) electrons. The van der Waals surface area contributed by atoms with E-state index in [1.165, 1.54) is 6.42 Å². The SMILES string of the molecule is CC1(C)[C@@H]2CC[C@@H](C2)[C@@H]1C[Si](C)(C)C. The summed E-state index contributed by atoms with van der Waals surface area (Å²) in [5, 5.41) is 0.